The topological polar surface area (TPSA) is 32.7 Å². The van der Waals surface area contributed by atoms with Crippen LogP contribution in [-0.2, 0) is 0 Å². The van der Waals surface area contributed by atoms with Crippen LogP contribution in [0.4, 0.5) is 5.69 Å². The summed E-state index contributed by atoms with van der Waals surface area (Å²) in [6.07, 6.45) is 1.67. The van der Waals surface area contributed by atoms with Crippen LogP contribution in [0.3, 0.4) is 0 Å². The maximum Gasteiger partial charge on any atom is 0.126 e. The van der Waals surface area contributed by atoms with Gasteiger partial charge in [-0.1, -0.05) is 19.9 Å². The summed E-state index contributed by atoms with van der Waals surface area (Å²) in [6, 6.07) is 5.95. The summed E-state index contributed by atoms with van der Waals surface area (Å²) in [7, 11) is 1.65. The van der Waals surface area contributed by atoms with Gasteiger partial charge >= 0.3 is 0 Å². The summed E-state index contributed by atoms with van der Waals surface area (Å²) in [5, 5.41) is 10.00. The van der Waals surface area contributed by atoms with E-state index in [2.05, 4.69) is 24.8 Å². The molecule has 0 aliphatic heterocycles. The molecule has 0 aliphatic carbocycles. The zero-order valence-corrected chi connectivity index (χ0v) is 11.9. The van der Waals surface area contributed by atoms with Crippen LogP contribution in [0.2, 0.25) is 0 Å². The number of anilines is 1. The fraction of sp³-hybridized carbons (Fsp3) is 0.600. The van der Waals surface area contributed by atoms with E-state index in [1.165, 1.54) is 0 Å². The fourth-order valence-corrected chi connectivity index (χ4v) is 2.30. The average Bonchev–Trinajstić information content (AvgIpc) is 2.37. The van der Waals surface area contributed by atoms with Crippen LogP contribution < -0.4 is 9.64 Å². The Morgan fingerprint density at radius 2 is 1.83 bits per heavy atom. The molecule has 102 valence electrons. The van der Waals surface area contributed by atoms with Crippen molar-refractivity contribution in [1.29, 1.82) is 0 Å². The second kappa shape index (κ2) is 7.27. The van der Waals surface area contributed by atoms with E-state index in [-0.39, 0.29) is 0 Å². The molecule has 0 spiro atoms. The van der Waals surface area contributed by atoms with Gasteiger partial charge in [-0.25, -0.2) is 0 Å². The molecule has 0 saturated carbocycles. The number of hydrogen-bond donors (Lipinski definition) is 1. The normalized spacial score (nSPS) is 12.3. The molecular formula is C15H25NO2. The number of nitrogens with zero attached hydrogens (tertiary/aromatic N) is 1. The Kier molecular flexibility index (Phi) is 5.99. The second-order valence-corrected chi connectivity index (χ2v) is 4.56. The van der Waals surface area contributed by atoms with Crippen molar-refractivity contribution in [3.05, 3.63) is 23.8 Å². The summed E-state index contributed by atoms with van der Waals surface area (Å²) in [6.45, 7) is 8.13. The molecule has 0 unspecified atom stereocenters. The standard InChI is InChI=1S/C15H25NO2/c1-5-10-16(11-6-2)13-8-7-9-14(18-4)15(13)12(3)17/h7-9,12,17H,5-6,10-11H2,1-4H3/t12-/m1/s1. The van der Waals surface area contributed by atoms with Gasteiger partial charge < -0.3 is 14.7 Å². The van der Waals surface area contributed by atoms with Gasteiger partial charge in [0.1, 0.15) is 5.75 Å². The minimum absolute atomic E-state index is 0.521. The largest absolute Gasteiger partial charge is 0.496 e. The van der Waals surface area contributed by atoms with Gasteiger partial charge in [-0.3, -0.25) is 0 Å². The number of hydrogen-bond acceptors (Lipinski definition) is 3. The van der Waals surface area contributed by atoms with Crippen LogP contribution in [-0.4, -0.2) is 25.3 Å². The van der Waals surface area contributed by atoms with Crippen molar-refractivity contribution in [1.82, 2.24) is 0 Å². The number of methoxy groups -OCH3 is 1. The van der Waals surface area contributed by atoms with Gasteiger partial charge in [0.25, 0.3) is 0 Å². The predicted molar refractivity (Wildman–Crippen MR) is 76.4 cm³/mol. The van der Waals surface area contributed by atoms with Gasteiger partial charge in [-0.2, -0.15) is 0 Å². The molecule has 0 heterocycles. The molecule has 3 nitrogen and oxygen atoms in total. The van der Waals surface area contributed by atoms with E-state index in [4.69, 9.17) is 4.74 Å². The number of ether oxygens (including phenoxy) is 1. The molecule has 18 heavy (non-hydrogen) atoms. The van der Waals surface area contributed by atoms with Crippen molar-refractivity contribution in [2.75, 3.05) is 25.1 Å². The van der Waals surface area contributed by atoms with Crippen molar-refractivity contribution in [2.45, 2.75) is 39.7 Å². The molecule has 3 heteroatoms. The first-order valence-corrected chi connectivity index (χ1v) is 6.75. The Morgan fingerprint density at radius 1 is 1.22 bits per heavy atom. The molecule has 1 atom stereocenters. The lowest BCUT2D eigenvalue weighted by Crippen LogP contribution is -2.26. The molecule has 1 rings (SSSR count). The van der Waals surface area contributed by atoms with E-state index in [0.29, 0.717) is 0 Å². The van der Waals surface area contributed by atoms with Gasteiger partial charge in [0.15, 0.2) is 0 Å². The lowest BCUT2D eigenvalue weighted by Gasteiger charge is -2.28. The third kappa shape index (κ3) is 3.39. The van der Waals surface area contributed by atoms with Crippen LogP contribution in [0.15, 0.2) is 18.2 Å². The molecule has 0 bridgehead atoms. The summed E-state index contributed by atoms with van der Waals surface area (Å²) in [4.78, 5) is 2.32. The van der Waals surface area contributed by atoms with E-state index < -0.39 is 6.10 Å². The number of rotatable bonds is 7. The molecule has 0 aliphatic rings. The zero-order valence-electron chi connectivity index (χ0n) is 11.9. The average molecular weight is 251 g/mol. The molecule has 0 saturated heterocycles. The van der Waals surface area contributed by atoms with Gasteiger partial charge in [0.05, 0.1) is 13.2 Å². The number of aliphatic hydroxyl groups excluding tert-OH is 1. The summed E-state index contributed by atoms with van der Waals surface area (Å²) in [5.41, 5.74) is 1.98. The molecule has 1 N–H and O–H groups in total. The SMILES string of the molecule is CCCN(CCC)c1cccc(OC)c1[C@@H](C)O. The van der Waals surface area contributed by atoms with E-state index in [1.54, 1.807) is 14.0 Å². The molecule has 1 aromatic rings. The lowest BCUT2D eigenvalue weighted by atomic mass is 10.1. The van der Waals surface area contributed by atoms with Crippen LogP contribution in [0.5, 0.6) is 5.75 Å². The second-order valence-electron chi connectivity index (χ2n) is 4.56. The van der Waals surface area contributed by atoms with Crippen molar-refractivity contribution in [2.24, 2.45) is 0 Å². The van der Waals surface area contributed by atoms with E-state index >= 15 is 0 Å². The number of benzene rings is 1. The maximum atomic E-state index is 10.00. The third-order valence-electron chi connectivity index (χ3n) is 3.01. The molecule has 0 amide bonds. The van der Waals surface area contributed by atoms with Crippen molar-refractivity contribution >= 4 is 5.69 Å². The highest BCUT2D eigenvalue weighted by molar-refractivity contribution is 5.60. The molecule has 1 aromatic carbocycles. The monoisotopic (exact) mass is 251 g/mol. The smallest absolute Gasteiger partial charge is 0.126 e. The summed E-state index contributed by atoms with van der Waals surface area (Å²) >= 11 is 0. The molecule has 0 fully saturated rings. The predicted octanol–water partition coefficient (Wildman–Crippen LogP) is 3.37. The first kappa shape index (κ1) is 14.8. The van der Waals surface area contributed by atoms with Crippen molar-refractivity contribution in [3.8, 4) is 5.75 Å². The van der Waals surface area contributed by atoms with Crippen LogP contribution in [0, 0.1) is 0 Å². The number of aliphatic hydroxyl groups is 1. The molecule has 0 aromatic heterocycles. The summed E-state index contributed by atoms with van der Waals surface area (Å²) < 4.78 is 5.37. The minimum Gasteiger partial charge on any atom is -0.496 e. The highest BCUT2D eigenvalue weighted by Crippen LogP contribution is 2.34. The van der Waals surface area contributed by atoms with Crippen LogP contribution >= 0.6 is 0 Å². The van der Waals surface area contributed by atoms with Crippen LogP contribution in [0.1, 0.15) is 45.3 Å². The first-order chi connectivity index (χ1) is 8.65. The highest BCUT2D eigenvalue weighted by Gasteiger charge is 2.17. The van der Waals surface area contributed by atoms with Crippen LogP contribution in [0.25, 0.3) is 0 Å². The van der Waals surface area contributed by atoms with E-state index in [1.807, 2.05) is 12.1 Å². The van der Waals surface area contributed by atoms with Gasteiger partial charge in [0.2, 0.25) is 0 Å². The first-order valence-electron chi connectivity index (χ1n) is 6.75. The van der Waals surface area contributed by atoms with E-state index in [0.717, 1.165) is 42.9 Å². The quantitative estimate of drug-likeness (QED) is 0.806. The Bertz CT molecular complexity index is 358. The fourth-order valence-electron chi connectivity index (χ4n) is 2.30. The molecule has 0 radical (unpaired) electrons. The Morgan fingerprint density at radius 3 is 2.28 bits per heavy atom. The lowest BCUT2D eigenvalue weighted by molar-refractivity contribution is 0.194. The van der Waals surface area contributed by atoms with Crippen molar-refractivity contribution < 1.29 is 9.84 Å². The van der Waals surface area contributed by atoms with Gasteiger partial charge in [-0.05, 0) is 31.9 Å². The zero-order chi connectivity index (χ0) is 13.5. The maximum absolute atomic E-state index is 10.00. The van der Waals surface area contributed by atoms with E-state index in [9.17, 15) is 5.11 Å². The summed E-state index contributed by atoms with van der Waals surface area (Å²) in [5.74, 6) is 0.764. The Hall–Kier alpha value is -1.22. The molecular weight excluding hydrogens is 226 g/mol. The highest BCUT2D eigenvalue weighted by atomic mass is 16.5. The van der Waals surface area contributed by atoms with Gasteiger partial charge in [-0.15, -0.1) is 0 Å². The Labute approximate surface area is 110 Å². The van der Waals surface area contributed by atoms with Crippen molar-refractivity contribution in [3.63, 3.8) is 0 Å². The Balaban J connectivity index is 3.18. The third-order valence-corrected chi connectivity index (χ3v) is 3.01. The minimum atomic E-state index is -0.521. The van der Waals surface area contributed by atoms with Gasteiger partial charge in [0, 0.05) is 24.3 Å².